The molecule has 0 unspecified atom stereocenters. The van der Waals surface area contributed by atoms with Crippen LogP contribution in [0.25, 0.3) is 11.4 Å². The van der Waals surface area contributed by atoms with Gasteiger partial charge in [-0.15, -0.1) is 10.2 Å². The molecule has 1 aromatic carbocycles. The normalized spacial score (nSPS) is 10.8. The van der Waals surface area contributed by atoms with Gasteiger partial charge < -0.3 is 4.74 Å². The maximum Gasteiger partial charge on any atom is 0.387 e. The summed E-state index contributed by atoms with van der Waals surface area (Å²) < 4.78 is 28.0. The molecule has 0 spiro atoms. The summed E-state index contributed by atoms with van der Waals surface area (Å²) in [5.41, 5.74) is 0.690. The molecule has 0 aliphatic carbocycles. The van der Waals surface area contributed by atoms with Crippen LogP contribution in [0.1, 0.15) is 0 Å². The minimum atomic E-state index is -2.82. The largest absolute Gasteiger partial charge is 0.435 e. The van der Waals surface area contributed by atoms with Crippen molar-refractivity contribution in [1.29, 1.82) is 0 Å². The fourth-order valence-electron chi connectivity index (χ4n) is 1.19. The second-order valence-electron chi connectivity index (χ2n) is 3.01. The van der Waals surface area contributed by atoms with E-state index in [1.54, 1.807) is 19.2 Å². The van der Waals surface area contributed by atoms with Crippen molar-refractivity contribution in [2.75, 3.05) is 0 Å². The monoisotopic (exact) mass is 226 g/mol. The van der Waals surface area contributed by atoms with Crippen LogP contribution in [0.5, 0.6) is 5.75 Å². The first-order chi connectivity index (χ1) is 7.65. The first-order valence-electron chi connectivity index (χ1n) is 4.44. The molecule has 0 fully saturated rings. The van der Waals surface area contributed by atoms with Crippen molar-refractivity contribution in [3.63, 3.8) is 0 Å². The van der Waals surface area contributed by atoms with Crippen molar-refractivity contribution in [2.24, 2.45) is 7.05 Å². The second-order valence-corrected chi connectivity index (χ2v) is 3.01. The van der Waals surface area contributed by atoms with Crippen molar-refractivity contribution in [3.8, 4) is 17.1 Å². The van der Waals surface area contributed by atoms with Crippen molar-refractivity contribution >= 4 is 0 Å². The Morgan fingerprint density at radius 1 is 1.25 bits per heavy atom. The van der Waals surface area contributed by atoms with Gasteiger partial charge in [0.1, 0.15) is 5.75 Å². The quantitative estimate of drug-likeness (QED) is 0.795. The predicted octanol–water partition coefficient (Wildman–Crippen LogP) is 1.48. The number of aromatic nitrogens is 4. The molecule has 0 bridgehead atoms. The Morgan fingerprint density at radius 2 is 1.94 bits per heavy atom. The standard InChI is InChI=1S/C9H8F2N4O/c1-15-13-8(12-14-15)6-2-4-7(5-3-6)16-9(10)11/h2-5,9H,1H3. The van der Waals surface area contributed by atoms with Gasteiger partial charge in [-0.05, 0) is 29.5 Å². The third-order valence-corrected chi connectivity index (χ3v) is 1.85. The second kappa shape index (κ2) is 4.21. The van der Waals surface area contributed by atoms with E-state index in [4.69, 9.17) is 0 Å². The van der Waals surface area contributed by atoms with Crippen LogP contribution >= 0.6 is 0 Å². The highest BCUT2D eigenvalue weighted by Gasteiger charge is 2.06. The van der Waals surface area contributed by atoms with E-state index in [0.717, 1.165) is 0 Å². The molecule has 16 heavy (non-hydrogen) atoms. The molecule has 84 valence electrons. The molecule has 1 aromatic heterocycles. The summed E-state index contributed by atoms with van der Waals surface area (Å²) in [6.07, 6.45) is 0. The van der Waals surface area contributed by atoms with Crippen molar-refractivity contribution < 1.29 is 13.5 Å². The molecule has 0 N–H and O–H groups in total. The smallest absolute Gasteiger partial charge is 0.387 e. The third-order valence-electron chi connectivity index (χ3n) is 1.85. The summed E-state index contributed by atoms with van der Waals surface area (Å²) >= 11 is 0. The van der Waals surface area contributed by atoms with Crippen molar-refractivity contribution in [2.45, 2.75) is 6.61 Å². The van der Waals surface area contributed by atoms with Crippen LogP contribution in [0.15, 0.2) is 24.3 Å². The molecule has 0 amide bonds. The van der Waals surface area contributed by atoms with Crippen LogP contribution in [-0.2, 0) is 7.05 Å². The Hall–Kier alpha value is -2.05. The number of nitrogens with zero attached hydrogens (tertiary/aromatic N) is 4. The number of tetrazole rings is 1. The Bertz CT molecular complexity index is 469. The van der Waals surface area contributed by atoms with Crippen LogP contribution < -0.4 is 4.74 Å². The molecule has 2 rings (SSSR count). The lowest BCUT2D eigenvalue weighted by Crippen LogP contribution is -2.01. The zero-order valence-corrected chi connectivity index (χ0v) is 8.34. The lowest BCUT2D eigenvalue weighted by Gasteiger charge is -2.03. The number of aryl methyl sites for hydroxylation is 1. The minimum Gasteiger partial charge on any atom is -0.435 e. The van der Waals surface area contributed by atoms with Gasteiger partial charge in [-0.3, -0.25) is 0 Å². The van der Waals surface area contributed by atoms with Gasteiger partial charge in [0.2, 0.25) is 5.82 Å². The zero-order valence-electron chi connectivity index (χ0n) is 8.34. The van der Waals surface area contributed by atoms with E-state index in [2.05, 4.69) is 20.1 Å². The molecule has 1 heterocycles. The zero-order chi connectivity index (χ0) is 11.5. The molecular formula is C9H8F2N4O. The SMILES string of the molecule is Cn1nnc(-c2ccc(OC(F)F)cc2)n1. The molecule has 0 saturated heterocycles. The number of benzene rings is 1. The third kappa shape index (κ3) is 2.30. The molecule has 0 atom stereocenters. The molecule has 5 nitrogen and oxygen atoms in total. The molecule has 0 saturated carbocycles. The summed E-state index contributed by atoms with van der Waals surface area (Å²) in [5, 5.41) is 11.4. The minimum absolute atomic E-state index is 0.0997. The van der Waals surface area contributed by atoms with Crippen molar-refractivity contribution in [3.05, 3.63) is 24.3 Å². The van der Waals surface area contributed by atoms with Gasteiger partial charge in [0.05, 0.1) is 7.05 Å². The van der Waals surface area contributed by atoms with Gasteiger partial charge in [-0.1, -0.05) is 0 Å². The molecular weight excluding hydrogens is 218 g/mol. The number of rotatable bonds is 3. The van der Waals surface area contributed by atoms with Gasteiger partial charge in [0.15, 0.2) is 0 Å². The van der Waals surface area contributed by atoms with E-state index in [1.165, 1.54) is 16.9 Å². The molecule has 2 aromatic rings. The molecule has 0 radical (unpaired) electrons. The lowest BCUT2D eigenvalue weighted by atomic mass is 10.2. The average molecular weight is 226 g/mol. The van der Waals surface area contributed by atoms with Crippen LogP contribution in [0.4, 0.5) is 8.78 Å². The van der Waals surface area contributed by atoms with E-state index in [1.807, 2.05) is 0 Å². The van der Waals surface area contributed by atoms with Gasteiger partial charge in [-0.2, -0.15) is 13.6 Å². The summed E-state index contributed by atoms with van der Waals surface area (Å²) in [6, 6.07) is 6.04. The van der Waals surface area contributed by atoms with Crippen LogP contribution in [-0.4, -0.2) is 26.8 Å². The lowest BCUT2D eigenvalue weighted by molar-refractivity contribution is -0.0498. The maximum absolute atomic E-state index is 11.9. The van der Waals surface area contributed by atoms with E-state index < -0.39 is 6.61 Å². The van der Waals surface area contributed by atoms with Gasteiger partial charge in [0, 0.05) is 5.56 Å². The highest BCUT2D eigenvalue weighted by atomic mass is 19.3. The predicted molar refractivity (Wildman–Crippen MR) is 50.9 cm³/mol. The Labute approximate surface area is 89.6 Å². The highest BCUT2D eigenvalue weighted by molar-refractivity contribution is 5.55. The molecule has 0 aliphatic heterocycles. The summed E-state index contributed by atoms with van der Waals surface area (Å²) in [5.74, 6) is 0.536. The maximum atomic E-state index is 11.9. The van der Waals surface area contributed by atoms with Gasteiger partial charge >= 0.3 is 6.61 Å². The number of halogens is 2. The average Bonchev–Trinajstić information content (AvgIpc) is 2.65. The first kappa shape index (κ1) is 10.5. The van der Waals surface area contributed by atoms with Crippen molar-refractivity contribution in [1.82, 2.24) is 20.2 Å². The molecule has 0 aliphatic rings. The number of alkyl halides is 2. The Morgan fingerprint density at radius 3 is 2.44 bits per heavy atom. The Kier molecular flexibility index (Phi) is 2.76. The van der Waals surface area contributed by atoms with Crippen LogP contribution in [0.2, 0.25) is 0 Å². The van der Waals surface area contributed by atoms with E-state index in [-0.39, 0.29) is 5.75 Å². The first-order valence-corrected chi connectivity index (χ1v) is 4.44. The van der Waals surface area contributed by atoms with E-state index in [0.29, 0.717) is 11.4 Å². The van der Waals surface area contributed by atoms with Gasteiger partial charge in [0.25, 0.3) is 0 Å². The summed E-state index contributed by atoms with van der Waals surface area (Å²) in [4.78, 5) is 1.32. The van der Waals surface area contributed by atoms with Gasteiger partial charge in [-0.25, -0.2) is 0 Å². The summed E-state index contributed by atoms with van der Waals surface area (Å²) in [6.45, 7) is -2.82. The Balaban J connectivity index is 2.19. The number of ether oxygens (including phenoxy) is 1. The number of hydrogen-bond donors (Lipinski definition) is 0. The fourth-order valence-corrected chi connectivity index (χ4v) is 1.19. The summed E-state index contributed by atoms with van der Waals surface area (Å²) in [7, 11) is 1.64. The van der Waals surface area contributed by atoms with Crippen LogP contribution in [0.3, 0.4) is 0 Å². The molecule has 7 heteroatoms. The van der Waals surface area contributed by atoms with Crippen LogP contribution in [0, 0.1) is 0 Å². The van der Waals surface area contributed by atoms with E-state index in [9.17, 15) is 8.78 Å². The number of hydrogen-bond acceptors (Lipinski definition) is 4. The fraction of sp³-hybridized carbons (Fsp3) is 0.222. The van der Waals surface area contributed by atoms with E-state index >= 15 is 0 Å². The highest BCUT2D eigenvalue weighted by Crippen LogP contribution is 2.19. The topological polar surface area (TPSA) is 52.8 Å².